The third-order valence-electron chi connectivity index (χ3n) is 4.24. The molecule has 1 unspecified atom stereocenters. The van der Waals surface area contributed by atoms with Crippen LogP contribution in [0.15, 0.2) is 54.6 Å². The summed E-state index contributed by atoms with van der Waals surface area (Å²) in [6.07, 6.45) is 0.269. The van der Waals surface area contributed by atoms with Crippen LogP contribution >= 0.6 is 12.4 Å². The topological polar surface area (TPSA) is 55.6 Å². The van der Waals surface area contributed by atoms with Gasteiger partial charge >= 0.3 is 0 Å². The molecule has 1 heterocycles. The molecule has 0 aromatic heterocycles. The molecule has 4 nitrogen and oxygen atoms in total. The molecule has 3 rings (SSSR count). The number of carbonyl (C=O) groups is 1. The fraction of sp³-hybridized carbons (Fsp3) is 0.316. The van der Waals surface area contributed by atoms with Gasteiger partial charge in [-0.15, -0.1) is 12.4 Å². The van der Waals surface area contributed by atoms with Crippen molar-refractivity contribution >= 4 is 18.3 Å². The normalized spacial score (nSPS) is 18.3. The van der Waals surface area contributed by atoms with Crippen molar-refractivity contribution < 1.29 is 13.9 Å². The number of nitrogens with two attached hydrogens (primary N) is 1. The van der Waals surface area contributed by atoms with Crippen LogP contribution < -0.4 is 5.73 Å². The molecule has 0 radical (unpaired) electrons. The maximum absolute atomic E-state index is 13.0. The summed E-state index contributed by atoms with van der Waals surface area (Å²) in [7, 11) is 0. The van der Waals surface area contributed by atoms with Crippen molar-refractivity contribution in [1.29, 1.82) is 0 Å². The van der Waals surface area contributed by atoms with Gasteiger partial charge < -0.3 is 15.4 Å². The van der Waals surface area contributed by atoms with Gasteiger partial charge in [-0.05, 0) is 29.7 Å². The van der Waals surface area contributed by atoms with Crippen molar-refractivity contribution in [3.05, 3.63) is 71.5 Å². The third kappa shape index (κ3) is 5.01. The van der Waals surface area contributed by atoms with E-state index in [1.807, 2.05) is 30.3 Å². The van der Waals surface area contributed by atoms with Gasteiger partial charge in [0.2, 0.25) is 5.91 Å². The molecule has 1 aliphatic heterocycles. The number of hydrogen-bond donors (Lipinski definition) is 1. The van der Waals surface area contributed by atoms with E-state index in [-0.39, 0.29) is 30.2 Å². The number of morpholine rings is 1. The Morgan fingerprint density at radius 1 is 1.20 bits per heavy atom. The van der Waals surface area contributed by atoms with Crippen LogP contribution in [0, 0.1) is 5.82 Å². The zero-order chi connectivity index (χ0) is 16.9. The lowest BCUT2D eigenvalue weighted by Crippen LogP contribution is -2.50. The molecule has 0 saturated carbocycles. The number of amides is 1. The van der Waals surface area contributed by atoms with E-state index in [0.717, 1.165) is 11.1 Å². The average molecular weight is 365 g/mol. The lowest BCUT2D eigenvalue weighted by molar-refractivity contribution is -0.140. The molecule has 1 fully saturated rings. The van der Waals surface area contributed by atoms with E-state index in [0.29, 0.717) is 26.1 Å². The maximum Gasteiger partial charge on any atom is 0.240 e. The number of rotatable bonds is 4. The summed E-state index contributed by atoms with van der Waals surface area (Å²) in [5.74, 6) is -0.360. The Hall–Kier alpha value is -1.95. The van der Waals surface area contributed by atoms with Crippen molar-refractivity contribution in [1.82, 2.24) is 4.90 Å². The lowest BCUT2D eigenvalue weighted by Gasteiger charge is -2.34. The van der Waals surface area contributed by atoms with Crippen LogP contribution in [0.2, 0.25) is 0 Å². The predicted molar refractivity (Wildman–Crippen MR) is 97.0 cm³/mol. The standard InChI is InChI=1S/C19H21FN2O2.ClH/c20-16-8-6-15(7-9-16)18-13-22(10-11-24-18)19(23)17(21)12-14-4-2-1-3-5-14;/h1-9,17-18H,10-13,21H2;1H/t17-,18?;/m0./s1. The summed E-state index contributed by atoms with van der Waals surface area (Å²) < 4.78 is 18.8. The minimum atomic E-state index is -0.570. The molecule has 0 aliphatic carbocycles. The lowest BCUT2D eigenvalue weighted by atomic mass is 10.0. The molecule has 6 heteroatoms. The van der Waals surface area contributed by atoms with Crippen LogP contribution in [0.3, 0.4) is 0 Å². The molecule has 0 bridgehead atoms. The summed E-state index contributed by atoms with van der Waals surface area (Å²) in [4.78, 5) is 14.4. The maximum atomic E-state index is 13.0. The minimum absolute atomic E-state index is 0. The fourth-order valence-corrected chi connectivity index (χ4v) is 2.92. The third-order valence-corrected chi connectivity index (χ3v) is 4.24. The number of carbonyl (C=O) groups excluding carboxylic acids is 1. The van der Waals surface area contributed by atoms with Crippen LogP contribution in [0.1, 0.15) is 17.2 Å². The number of nitrogens with zero attached hydrogens (tertiary/aromatic N) is 1. The van der Waals surface area contributed by atoms with Crippen LogP contribution in [-0.2, 0) is 16.0 Å². The second-order valence-corrected chi connectivity index (χ2v) is 5.99. The number of ether oxygens (including phenoxy) is 1. The van der Waals surface area contributed by atoms with Crippen molar-refractivity contribution in [3.63, 3.8) is 0 Å². The summed E-state index contributed by atoms with van der Waals surface area (Å²) >= 11 is 0. The molecular formula is C19H22ClFN2O2. The highest BCUT2D eigenvalue weighted by Gasteiger charge is 2.28. The first-order valence-corrected chi connectivity index (χ1v) is 8.09. The van der Waals surface area contributed by atoms with Gasteiger partial charge in [0, 0.05) is 6.54 Å². The molecule has 2 atom stereocenters. The first kappa shape index (κ1) is 19.4. The molecule has 134 valence electrons. The van der Waals surface area contributed by atoms with E-state index in [4.69, 9.17) is 10.5 Å². The highest BCUT2D eigenvalue weighted by molar-refractivity contribution is 5.85. The van der Waals surface area contributed by atoms with Crippen LogP contribution in [0.25, 0.3) is 0 Å². The van der Waals surface area contributed by atoms with E-state index >= 15 is 0 Å². The Kier molecular flexibility index (Phi) is 6.93. The van der Waals surface area contributed by atoms with Gasteiger partial charge in [-0.25, -0.2) is 4.39 Å². The Balaban J connectivity index is 0.00000225. The first-order valence-electron chi connectivity index (χ1n) is 8.09. The monoisotopic (exact) mass is 364 g/mol. The van der Waals surface area contributed by atoms with E-state index in [9.17, 15) is 9.18 Å². The van der Waals surface area contributed by atoms with E-state index in [1.54, 1.807) is 17.0 Å². The first-order chi connectivity index (χ1) is 11.6. The summed E-state index contributed by atoms with van der Waals surface area (Å²) in [6, 6.07) is 15.4. The second-order valence-electron chi connectivity index (χ2n) is 5.99. The van der Waals surface area contributed by atoms with Gasteiger partial charge in [0.1, 0.15) is 11.9 Å². The average Bonchev–Trinajstić information content (AvgIpc) is 2.62. The van der Waals surface area contributed by atoms with Gasteiger partial charge in [0.15, 0.2) is 0 Å². The van der Waals surface area contributed by atoms with Crippen LogP contribution in [0.4, 0.5) is 4.39 Å². The highest BCUT2D eigenvalue weighted by Crippen LogP contribution is 2.23. The zero-order valence-corrected chi connectivity index (χ0v) is 14.6. The van der Waals surface area contributed by atoms with Crippen molar-refractivity contribution in [2.24, 2.45) is 5.73 Å². The molecule has 1 amide bonds. The highest BCUT2D eigenvalue weighted by atomic mass is 35.5. The SMILES string of the molecule is Cl.N[C@@H](Cc1ccccc1)C(=O)N1CCOC(c2ccc(F)cc2)C1. The summed E-state index contributed by atoms with van der Waals surface area (Å²) in [6.45, 7) is 1.41. The quantitative estimate of drug-likeness (QED) is 0.907. The van der Waals surface area contributed by atoms with Crippen molar-refractivity contribution in [2.45, 2.75) is 18.6 Å². The Morgan fingerprint density at radius 2 is 1.88 bits per heavy atom. The van der Waals surface area contributed by atoms with Crippen LogP contribution in [0.5, 0.6) is 0 Å². The molecule has 1 saturated heterocycles. The van der Waals surface area contributed by atoms with Gasteiger partial charge in [-0.2, -0.15) is 0 Å². The molecule has 2 aromatic carbocycles. The van der Waals surface area contributed by atoms with E-state index in [2.05, 4.69) is 0 Å². The Morgan fingerprint density at radius 3 is 2.56 bits per heavy atom. The van der Waals surface area contributed by atoms with E-state index in [1.165, 1.54) is 12.1 Å². The largest absolute Gasteiger partial charge is 0.370 e. The summed E-state index contributed by atoms with van der Waals surface area (Å²) in [5, 5.41) is 0. The Bertz CT molecular complexity index is 682. The van der Waals surface area contributed by atoms with E-state index < -0.39 is 6.04 Å². The fourth-order valence-electron chi connectivity index (χ4n) is 2.92. The van der Waals surface area contributed by atoms with Crippen molar-refractivity contribution in [3.8, 4) is 0 Å². The van der Waals surface area contributed by atoms with Gasteiger partial charge in [-0.3, -0.25) is 4.79 Å². The zero-order valence-electron chi connectivity index (χ0n) is 13.8. The van der Waals surface area contributed by atoms with Crippen LogP contribution in [-0.4, -0.2) is 36.5 Å². The summed E-state index contributed by atoms with van der Waals surface area (Å²) in [5.41, 5.74) is 8.01. The van der Waals surface area contributed by atoms with Gasteiger partial charge in [0.05, 0.1) is 19.2 Å². The minimum Gasteiger partial charge on any atom is -0.370 e. The molecule has 1 aliphatic rings. The molecule has 25 heavy (non-hydrogen) atoms. The molecule has 2 N–H and O–H groups in total. The van der Waals surface area contributed by atoms with Crippen molar-refractivity contribution in [2.75, 3.05) is 19.7 Å². The van der Waals surface area contributed by atoms with Gasteiger partial charge in [-0.1, -0.05) is 42.5 Å². The molecule has 0 spiro atoms. The number of benzene rings is 2. The van der Waals surface area contributed by atoms with Gasteiger partial charge in [0.25, 0.3) is 0 Å². The molecular weight excluding hydrogens is 343 g/mol. The molecule has 2 aromatic rings. The Labute approximate surface area is 153 Å². The number of hydrogen-bond acceptors (Lipinski definition) is 3. The second kappa shape index (κ2) is 8.94. The smallest absolute Gasteiger partial charge is 0.240 e. The predicted octanol–water partition coefficient (Wildman–Crippen LogP) is 2.72. The number of halogens is 2.